The van der Waals surface area contributed by atoms with Crippen LogP contribution in [0.5, 0.6) is 5.75 Å². The summed E-state index contributed by atoms with van der Waals surface area (Å²) in [4.78, 5) is 22.6. The summed E-state index contributed by atoms with van der Waals surface area (Å²) in [5, 5.41) is 3.01. The molecule has 2 N–H and O–H groups in total. The van der Waals surface area contributed by atoms with E-state index in [0.717, 1.165) is 49.9 Å². The summed E-state index contributed by atoms with van der Waals surface area (Å²) >= 11 is 0. The molecule has 1 aromatic carbocycles. The topological polar surface area (TPSA) is 79.5 Å². The van der Waals surface area contributed by atoms with Gasteiger partial charge in [0.25, 0.3) is 5.91 Å². The van der Waals surface area contributed by atoms with Gasteiger partial charge in [0.2, 0.25) is 0 Å². The molecule has 1 atom stereocenters. The smallest absolute Gasteiger partial charge is 0.271 e. The minimum Gasteiger partial charge on any atom is -0.497 e. The van der Waals surface area contributed by atoms with Crippen LogP contribution < -0.4 is 10.1 Å². The number of aryl methyl sites for hydroxylation is 1. The molecule has 7 nitrogen and oxygen atoms in total. The van der Waals surface area contributed by atoms with Crippen LogP contribution in [0.4, 0.5) is 0 Å². The maximum Gasteiger partial charge on any atom is 0.271 e. The van der Waals surface area contributed by atoms with Crippen LogP contribution in [0.15, 0.2) is 24.3 Å². The molecule has 1 fully saturated rings. The number of H-pyrrole nitrogens is 1. The highest BCUT2D eigenvalue weighted by Crippen LogP contribution is 2.22. The summed E-state index contributed by atoms with van der Waals surface area (Å²) in [6.45, 7) is 9.09. The highest BCUT2D eigenvalue weighted by Gasteiger charge is 2.18. The Kier molecular flexibility index (Phi) is 6.47. The van der Waals surface area contributed by atoms with E-state index in [2.05, 4.69) is 27.1 Å². The molecule has 1 aromatic heterocycles. The van der Waals surface area contributed by atoms with Gasteiger partial charge in [-0.1, -0.05) is 19.1 Å². The standard InChI is InChI=1S/C20H28N4O3/c1-14(13-24-7-9-27-10-8-24)12-21-20(25)18-15(2)22-19(23-18)16-5-4-6-17(11-16)26-3/h4-6,11,14H,7-10,12-13H2,1-3H3,(H,21,25)(H,22,23)/t14-/m1/s1. The normalized spacial score (nSPS) is 16.1. The van der Waals surface area contributed by atoms with Crippen molar-refractivity contribution in [2.45, 2.75) is 13.8 Å². The highest BCUT2D eigenvalue weighted by molar-refractivity contribution is 5.94. The number of ether oxygens (including phenoxy) is 2. The van der Waals surface area contributed by atoms with E-state index in [1.807, 2.05) is 31.2 Å². The Morgan fingerprint density at radius 2 is 2.19 bits per heavy atom. The lowest BCUT2D eigenvalue weighted by molar-refractivity contribution is 0.0317. The fourth-order valence-electron chi connectivity index (χ4n) is 3.23. The van der Waals surface area contributed by atoms with Crippen molar-refractivity contribution in [1.29, 1.82) is 0 Å². The van der Waals surface area contributed by atoms with Gasteiger partial charge in [0.1, 0.15) is 17.3 Å². The summed E-state index contributed by atoms with van der Waals surface area (Å²) in [7, 11) is 1.63. The van der Waals surface area contributed by atoms with Gasteiger partial charge in [0.05, 0.1) is 20.3 Å². The SMILES string of the molecule is COc1cccc(-c2nc(C(=O)NC[C@@H](C)CN3CCOCC3)c(C)[nH]2)c1. The van der Waals surface area contributed by atoms with Crippen molar-refractivity contribution in [1.82, 2.24) is 20.2 Å². The number of amides is 1. The average Bonchev–Trinajstić information content (AvgIpc) is 3.09. The largest absolute Gasteiger partial charge is 0.497 e. The minimum atomic E-state index is -0.147. The molecular formula is C20H28N4O3. The molecule has 0 radical (unpaired) electrons. The molecule has 0 unspecified atom stereocenters. The van der Waals surface area contributed by atoms with Crippen molar-refractivity contribution in [2.75, 3.05) is 46.5 Å². The molecule has 1 saturated heterocycles. The monoisotopic (exact) mass is 372 g/mol. The number of carbonyl (C=O) groups is 1. The van der Waals surface area contributed by atoms with E-state index >= 15 is 0 Å². The number of nitrogens with zero attached hydrogens (tertiary/aromatic N) is 2. The fraction of sp³-hybridized carbons (Fsp3) is 0.500. The number of morpholine rings is 1. The molecule has 0 saturated carbocycles. The summed E-state index contributed by atoms with van der Waals surface area (Å²) in [6, 6.07) is 7.61. The zero-order valence-electron chi connectivity index (χ0n) is 16.2. The lowest BCUT2D eigenvalue weighted by Gasteiger charge is -2.29. The number of aromatic nitrogens is 2. The predicted octanol–water partition coefficient (Wildman–Crippen LogP) is 2.09. The number of imidazole rings is 1. The van der Waals surface area contributed by atoms with Crippen molar-refractivity contribution < 1.29 is 14.3 Å². The fourth-order valence-corrected chi connectivity index (χ4v) is 3.23. The molecule has 7 heteroatoms. The predicted molar refractivity (Wildman–Crippen MR) is 104 cm³/mol. The van der Waals surface area contributed by atoms with Crippen molar-refractivity contribution >= 4 is 5.91 Å². The Hall–Kier alpha value is -2.38. The van der Waals surface area contributed by atoms with Crippen LogP contribution in [-0.2, 0) is 4.74 Å². The van der Waals surface area contributed by atoms with Gasteiger partial charge in [0, 0.05) is 37.4 Å². The number of hydrogen-bond donors (Lipinski definition) is 2. The summed E-state index contributed by atoms with van der Waals surface area (Å²) in [5.41, 5.74) is 2.08. The number of rotatable bonds is 7. The lowest BCUT2D eigenvalue weighted by atomic mass is 10.1. The first-order valence-electron chi connectivity index (χ1n) is 9.36. The van der Waals surface area contributed by atoms with Crippen LogP contribution in [0, 0.1) is 12.8 Å². The number of benzene rings is 1. The second-order valence-corrected chi connectivity index (χ2v) is 7.02. The number of aromatic amines is 1. The number of hydrogen-bond acceptors (Lipinski definition) is 5. The maximum absolute atomic E-state index is 12.6. The van der Waals surface area contributed by atoms with Gasteiger partial charge in [-0.15, -0.1) is 0 Å². The van der Waals surface area contributed by atoms with Crippen LogP contribution in [0.3, 0.4) is 0 Å². The van der Waals surface area contributed by atoms with Crippen LogP contribution in [0.2, 0.25) is 0 Å². The van der Waals surface area contributed by atoms with E-state index < -0.39 is 0 Å². The highest BCUT2D eigenvalue weighted by atomic mass is 16.5. The molecule has 1 aliphatic heterocycles. The quantitative estimate of drug-likeness (QED) is 0.778. The van der Waals surface area contributed by atoms with Crippen molar-refractivity contribution in [3.63, 3.8) is 0 Å². The molecular weight excluding hydrogens is 344 g/mol. The second-order valence-electron chi connectivity index (χ2n) is 7.02. The molecule has 1 aliphatic rings. The lowest BCUT2D eigenvalue weighted by Crippen LogP contribution is -2.41. The molecule has 146 valence electrons. The molecule has 0 aliphatic carbocycles. The van der Waals surface area contributed by atoms with Gasteiger partial charge in [-0.25, -0.2) is 4.98 Å². The van der Waals surface area contributed by atoms with E-state index in [-0.39, 0.29) is 5.91 Å². The Balaban J connectivity index is 1.59. The van der Waals surface area contributed by atoms with E-state index in [4.69, 9.17) is 9.47 Å². The number of methoxy groups -OCH3 is 1. The third-order valence-electron chi connectivity index (χ3n) is 4.73. The van der Waals surface area contributed by atoms with Crippen LogP contribution in [0.25, 0.3) is 11.4 Å². The summed E-state index contributed by atoms with van der Waals surface area (Å²) < 4.78 is 10.6. The molecule has 1 amide bonds. The van der Waals surface area contributed by atoms with Crippen molar-refractivity contribution in [3.05, 3.63) is 35.7 Å². The van der Waals surface area contributed by atoms with Crippen molar-refractivity contribution in [3.8, 4) is 17.1 Å². The maximum atomic E-state index is 12.6. The van der Waals surface area contributed by atoms with Crippen molar-refractivity contribution in [2.24, 2.45) is 5.92 Å². The Labute approximate surface area is 160 Å². The molecule has 0 spiro atoms. The van der Waals surface area contributed by atoms with Crippen LogP contribution >= 0.6 is 0 Å². The Morgan fingerprint density at radius 1 is 1.41 bits per heavy atom. The van der Waals surface area contributed by atoms with Gasteiger partial charge in [-0.05, 0) is 25.0 Å². The molecule has 2 aromatic rings. The summed E-state index contributed by atoms with van der Waals surface area (Å²) in [6.07, 6.45) is 0. The third-order valence-corrected chi connectivity index (χ3v) is 4.73. The van der Waals surface area contributed by atoms with E-state index in [0.29, 0.717) is 24.0 Å². The number of nitrogens with one attached hydrogen (secondary N) is 2. The van der Waals surface area contributed by atoms with Gasteiger partial charge >= 0.3 is 0 Å². The Bertz CT molecular complexity index is 768. The molecule has 3 rings (SSSR count). The van der Waals surface area contributed by atoms with E-state index in [9.17, 15) is 4.79 Å². The first-order chi connectivity index (χ1) is 13.1. The third kappa shape index (κ3) is 5.08. The second kappa shape index (κ2) is 9.01. The molecule has 2 heterocycles. The average molecular weight is 372 g/mol. The zero-order valence-corrected chi connectivity index (χ0v) is 16.2. The van der Waals surface area contributed by atoms with Gasteiger partial charge < -0.3 is 19.8 Å². The minimum absolute atomic E-state index is 0.147. The summed E-state index contributed by atoms with van der Waals surface area (Å²) in [5.74, 6) is 1.64. The Morgan fingerprint density at radius 3 is 2.93 bits per heavy atom. The van der Waals surface area contributed by atoms with Gasteiger partial charge in [-0.3, -0.25) is 9.69 Å². The molecule has 0 bridgehead atoms. The van der Waals surface area contributed by atoms with Gasteiger partial charge in [0.15, 0.2) is 0 Å². The first kappa shape index (κ1) is 19.4. The van der Waals surface area contributed by atoms with Crippen LogP contribution in [0.1, 0.15) is 23.1 Å². The number of carbonyl (C=O) groups excluding carboxylic acids is 1. The van der Waals surface area contributed by atoms with E-state index in [1.54, 1.807) is 7.11 Å². The molecule has 27 heavy (non-hydrogen) atoms. The zero-order chi connectivity index (χ0) is 19.2. The van der Waals surface area contributed by atoms with E-state index in [1.165, 1.54) is 0 Å². The van der Waals surface area contributed by atoms with Crippen LogP contribution in [-0.4, -0.2) is 67.3 Å². The first-order valence-corrected chi connectivity index (χ1v) is 9.36. The van der Waals surface area contributed by atoms with Gasteiger partial charge in [-0.2, -0.15) is 0 Å².